The first-order chi connectivity index (χ1) is 18.3. The Morgan fingerprint density at radius 3 is 1.85 bits per heavy atom. The second-order valence-corrected chi connectivity index (χ2v) is 8.88. The van der Waals surface area contributed by atoms with E-state index in [9.17, 15) is 39.9 Å². The predicted octanol–water partition coefficient (Wildman–Crippen LogP) is 4.22. The van der Waals surface area contributed by atoms with Gasteiger partial charge in [-0.25, -0.2) is 9.59 Å². The average Bonchev–Trinajstić information content (AvgIpc) is 2.88. The number of ether oxygens (including phenoxy) is 3. The third-order valence-electron chi connectivity index (χ3n) is 6.53. The first-order valence-electron chi connectivity index (χ1n) is 11.5. The summed E-state index contributed by atoms with van der Waals surface area (Å²) in [6.45, 7) is 5.80. The van der Waals surface area contributed by atoms with Crippen LogP contribution >= 0.6 is 0 Å². The van der Waals surface area contributed by atoms with Crippen molar-refractivity contribution in [3.8, 4) is 40.2 Å². The van der Waals surface area contributed by atoms with Crippen LogP contribution in [0, 0.1) is 27.7 Å². The lowest BCUT2D eigenvalue weighted by molar-refractivity contribution is 0.0587. The Morgan fingerprint density at radius 1 is 0.718 bits per heavy atom. The summed E-state index contributed by atoms with van der Waals surface area (Å²) >= 11 is 0. The second-order valence-electron chi connectivity index (χ2n) is 8.88. The minimum Gasteiger partial charge on any atom is -0.508 e. The molecule has 3 rings (SSSR count). The van der Waals surface area contributed by atoms with Crippen molar-refractivity contribution in [2.45, 2.75) is 34.1 Å². The number of rotatable bonds is 7. The summed E-state index contributed by atoms with van der Waals surface area (Å²) in [4.78, 5) is 36.6. The molecule has 0 bridgehead atoms. The van der Waals surface area contributed by atoms with Crippen molar-refractivity contribution in [1.82, 2.24) is 0 Å². The third-order valence-corrected chi connectivity index (χ3v) is 6.53. The summed E-state index contributed by atoms with van der Waals surface area (Å²) < 4.78 is 15.4. The topological polar surface area (TPSA) is 180 Å². The zero-order valence-corrected chi connectivity index (χ0v) is 22.1. The van der Waals surface area contributed by atoms with Gasteiger partial charge in [0, 0.05) is 23.1 Å². The van der Waals surface area contributed by atoms with Gasteiger partial charge < -0.3 is 39.7 Å². The second kappa shape index (κ2) is 10.8. The van der Waals surface area contributed by atoms with E-state index in [0.29, 0.717) is 0 Å². The molecule has 11 heteroatoms. The molecule has 3 aromatic carbocycles. The van der Waals surface area contributed by atoms with E-state index in [4.69, 9.17) is 14.2 Å². The molecule has 0 heterocycles. The van der Waals surface area contributed by atoms with Crippen LogP contribution in [-0.2, 0) is 15.9 Å². The molecule has 0 aromatic heterocycles. The van der Waals surface area contributed by atoms with Crippen molar-refractivity contribution in [2.24, 2.45) is 0 Å². The number of methoxy groups -OCH3 is 2. The van der Waals surface area contributed by atoms with E-state index in [2.05, 4.69) is 0 Å². The van der Waals surface area contributed by atoms with Crippen LogP contribution in [0.15, 0.2) is 12.1 Å². The fraction of sp³-hybridized carbons (Fsp3) is 0.250. The van der Waals surface area contributed by atoms with Gasteiger partial charge in [0.25, 0.3) is 0 Å². The molecule has 206 valence electrons. The molecule has 0 aliphatic rings. The number of phenols is 5. The standard InChI is InChI=1S/C28H28O11/c1-11-7-19(31)17(10-29)26(20(11)27(35)37-5)39-25-12(2)8-18(30)16(24(25)34)9-15-13(3)21(28(36)38-6)23(33)14(4)22(15)32/h7-8,10,30-34H,9H2,1-6H3. The normalized spacial score (nSPS) is 10.7. The highest BCUT2D eigenvalue weighted by Crippen LogP contribution is 2.47. The van der Waals surface area contributed by atoms with E-state index in [0.717, 1.165) is 14.2 Å². The van der Waals surface area contributed by atoms with Crippen molar-refractivity contribution < 1.29 is 54.1 Å². The molecule has 0 unspecified atom stereocenters. The number of hydrogen-bond donors (Lipinski definition) is 5. The number of phenolic OH excluding ortho intramolecular Hbond substituents is 5. The Morgan fingerprint density at radius 2 is 1.28 bits per heavy atom. The Balaban J connectivity index is 2.27. The largest absolute Gasteiger partial charge is 0.508 e. The van der Waals surface area contributed by atoms with E-state index < -0.39 is 34.9 Å². The fourth-order valence-electron chi connectivity index (χ4n) is 4.35. The zero-order valence-electron chi connectivity index (χ0n) is 22.1. The number of esters is 2. The Bertz CT molecular complexity index is 1520. The molecule has 0 saturated carbocycles. The van der Waals surface area contributed by atoms with Crippen LogP contribution < -0.4 is 4.74 Å². The van der Waals surface area contributed by atoms with Gasteiger partial charge in [0.15, 0.2) is 23.5 Å². The van der Waals surface area contributed by atoms with Gasteiger partial charge in [-0.15, -0.1) is 0 Å². The number of aromatic hydroxyl groups is 5. The van der Waals surface area contributed by atoms with E-state index >= 15 is 0 Å². The molecular formula is C28H28O11. The van der Waals surface area contributed by atoms with Crippen LogP contribution in [0.3, 0.4) is 0 Å². The average molecular weight is 541 g/mol. The number of carbonyl (C=O) groups excluding carboxylic acids is 3. The predicted molar refractivity (Wildman–Crippen MR) is 138 cm³/mol. The highest BCUT2D eigenvalue weighted by molar-refractivity contribution is 5.99. The first-order valence-corrected chi connectivity index (χ1v) is 11.5. The highest BCUT2D eigenvalue weighted by Gasteiger charge is 2.29. The van der Waals surface area contributed by atoms with Gasteiger partial charge in [-0.2, -0.15) is 0 Å². The van der Waals surface area contributed by atoms with Crippen LogP contribution in [0.2, 0.25) is 0 Å². The molecular weight excluding hydrogens is 512 g/mol. The zero-order chi connectivity index (χ0) is 29.3. The molecule has 0 aliphatic heterocycles. The van der Waals surface area contributed by atoms with E-state index in [1.54, 1.807) is 0 Å². The molecule has 0 amide bonds. The van der Waals surface area contributed by atoms with Gasteiger partial charge in [-0.1, -0.05) is 0 Å². The summed E-state index contributed by atoms with van der Waals surface area (Å²) in [5.41, 5.74) is -0.236. The van der Waals surface area contributed by atoms with Crippen LogP contribution in [0.4, 0.5) is 0 Å². The number of hydrogen-bond acceptors (Lipinski definition) is 11. The number of aryl methyl sites for hydroxylation is 2. The maximum atomic E-state index is 12.5. The van der Waals surface area contributed by atoms with Crippen LogP contribution in [0.1, 0.15) is 64.5 Å². The van der Waals surface area contributed by atoms with Gasteiger partial charge in [0.1, 0.15) is 34.1 Å². The van der Waals surface area contributed by atoms with Crippen LogP contribution in [0.25, 0.3) is 0 Å². The van der Waals surface area contributed by atoms with Crippen LogP contribution in [-0.4, -0.2) is 58.0 Å². The van der Waals surface area contributed by atoms with Gasteiger partial charge in [-0.3, -0.25) is 4.79 Å². The fourth-order valence-corrected chi connectivity index (χ4v) is 4.35. The first kappa shape index (κ1) is 28.6. The van der Waals surface area contributed by atoms with Crippen molar-refractivity contribution in [3.05, 3.63) is 62.2 Å². The monoisotopic (exact) mass is 540 g/mol. The van der Waals surface area contributed by atoms with Gasteiger partial charge in [0.2, 0.25) is 0 Å². The lowest BCUT2D eigenvalue weighted by Crippen LogP contribution is -2.10. The Hall–Kier alpha value is -4.93. The number of aldehydes is 1. The molecule has 39 heavy (non-hydrogen) atoms. The molecule has 0 spiro atoms. The smallest absolute Gasteiger partial charge is 0.341 e. The van der Waals surface area contributed by atoms with Gasteiger partial charge in [-0.05, 0) is 56.5 Å². The summed E-state index contributed by atoms with van der Waals surface area (Å²) in [5, 5.41) is 53.4. The molecule has 11 nitrogen and oxygen atoms in total. The van der Waals surface area contributed by atoms with Gasteiger partial charge >= 0.3 is 11.9 Å². The van der Waals surface area contributed by atoms with E-state index in [1.165, 1.54) is 39.8 Å². The summed E-state index contributed by atoms with van der Waals surface area (Å²) in [6.07, 6.45) is -0.0558. The SMILES string of the molecule is COC(=O)c1c(C)c(Cc2c(O)cc(C)c(Oc3c(C=O)c(O)cc(C)c3C(=O)OC)c2O)c(O)c(C)c1O. The van der Waals surface area contributed by atoms with Gasteiger partial charge in [0.05, 0.1) is 19.8 Å². The molecule has 0 saturated heterocycles. The highest BCUT2D eigenvalue weighted by atomic mass is 16.5. The summed E-state index contributed by atoms with van der Waals surface area (Å²) in [5.74, 6) is -4.68. The quantitative estimate of drug-likeness (QED) is 0.214. The minimum atomic E-state index is -0.864. The van der Waals surface area contributed by atoms with Crippen molar-refractivity contribution in [2.75, 3.05) is 14.2 Å². The maximum absolute atomic E-state index is 12.5. The minimum absolute atomic E-state index is 0.0212. The molecule has 0 radical (unpaired) electrons. The summed E-state index contributed by atoms with van der Waals surface area (Å²) in [7, 11) is 2.25. The number of benzene rings is 3. The lowest BCUT2D eigenvalue weighted by Gasteiger charge is -2.21. The van der Waals surface area contributed by atoms with Crippen molar-refractivity contribution in [1.29, 1.82) is 0 Å². The molecule has 0 aliphatic carbocycles. The Labute approximate surface area is 223 Å². The summed E-state index contributed by atoms with van der Waals surface area (Å²) in [6, 6.07) is 2.44. The van der Waals surface area contributed by atoms with Crippen molar-refractivity contribution in [3.63, 3.8) is 0 Å². The molecule has 0 fully saturated rings. The number of carbonyl (C=O) groups is 3. The van der Waals surface area contributed by atoms with Crippen molar-refractivity contribution >= 4 is 18.2 Å². The lowest BCUT2D eigenvalue weighted by atomic mass is 9.91. The molecule has 3 aromatic rings. The molecule has 0 atom stereocenters. The van der Waals surface area contributed by atoms with E-state index in [-0.39, 0.29) is 80.0 Å². The molecule has 5 N–H and O–H groups in total. The maximum Gasteiger partial charge on any atom is 0.341 e. The van der Waals surface area contributed by atoms with E-state index in [1.807, 2.05) is 0 Å². The Kier molecular flexibility index (Phi) is 7.94. The van der Waals surface area contributed by atoms with Crippen LogP contribution in [0.5, 0.6) is 40.2 Å². The third kappa shape index (κ3) is 4.86.